The van der Waals surface area contributed by atoms with Crippen molar-refractivity contribution in [2.45, 2.75) is 25.8 Å². The average Bonchev–Trinajstić information content (AvgIpc) is 2.03. The quantitative estimate of drug-likeness (QED) is 0.646. The van der Waals surface area contributed by atoms with E-state index in [-0.39, 0.29) is 17.7 Å². The second-order valence-corrected chi connectivity index (χ2v) is 5.32. The zero-order valence-electron chi connectivity index (χ0n) is 8.62. The van der Waals surface area contributed by atoms with Crippen LogP contribution in [-0.2, 0) is 14.8 Å². The van der Waals surface area contributed by atoms with Crippen LogP contribution in [0.2, 0.25) is 0 Å². The van der Waals surface area contributed by atoms with Crippen molar-refractivity contribution >= 4 is 21.6 Å². The Morgan fingerprint density at radius 1 is 1.50 bits per heavy atom. The van der Waals surface area contributed by atoms with Gasteiger partial charge in [-0.05, 0) is 6.42 Å². The van der Waals surface area contributed by atoms with Crippen molar-refractivity contribution in [1.29, 1.82) is 0 Å². The minimum Gasteiger partial charge on any atom is -0.383 e. The fourth-order valence-electron chi connectivity index (χ4n) is 1.14. The Hall–Kier alpha value is 0.160. The standard InChI is InChI=1S/C8H18ClNO3S/c1-3-4-8(7-13-2)10-14(11,12)6-5-9/h8,10H,3-7H2,1-2H3. The summed E-state index contributed by atoms with van der Waals surface area (Å²) in [7, 11) is -1.68. The molecule has 0 aromatic rings. The highest BCUT2D eigenvalue weighted by atomic mass is 35.5. The molecule has 1 N–H and O–H groups in total. The molecule has 0 radical (unpaired) electrons. The van der Waals surface area contributed by atoms with Crippen molar-refractivity contribution in [2.75, 3.05) is 25.3 Å². The van der Waals surface area contributed by atoms with Crippen LogP contribution in [0.5, 0.6) is 0 Å². The molecule has 0 rings (SSSR count). The monoisotopic (exact) mass is 243 g/mol. The molecule has 1 atom stereocenters. The van der Waals surface area contributed by atoms with Crippen LogP contribution in [0.15, 0.2) is 0 Å². The van der Waals surface area contributed by atoms with Gasteiger partial charge in [0.05, 0.1) is 12.4 Å². The summed E-state index contributed by atoms with van der Waals surface area (Å²) >= 11 is 5.37. The highest BCUT2D eigenvalue weighted by Gasteiger charge is 2.16. The summed E-state index contributed by atoms with van der Waals surface area (Å²) in [5.74, 6) is 0.0691. The number of rotatable bonds is 8. The van der Waals surface area contributed by atoms with E-state index in [0.717, 1.165) is 12.8 Å². The molecule has 6 heteroatoms. The van der Waals surface area contributed by atoms with Gasteiger partial charge in [-0.1, -0.05) is 13.3 Å². The number of hydrogen-bond donors (Lipinski definition) is 1. The fraction of sp³-hybridized carbons (Fsp3) is 1.00. The van der Waals surface area contributed by atoms with E-state index in [9.17, 15) is 8.42 Å². The first-order chi connectivity index (χ1) is 6.55. The maximum Gasteiger partial charge on any atom is 0.213 e. The minimum absolute atomic E-state index is 0.0432. The van der Waals surface area contributed by atoms with Gasteiger partial charge >= 0.3 is 0 Å². The number of nitrogens with one attached hydrogen (secondary N) is 1. The van der Waals surface area contributed by atoms with Crippen molar-refractivity contribution in [3.63, 3.8) is 0 Å². The molecule has 1 unspecified atom stereocenters. The van der Waals surface area contributed by atoms with Gasteiger partial charge in [0.25, 0.3) is 0 Å². The van der Waals surface area contributed by atoms with Gasteiger partial charge in [-0.25, -0.2) is 13.1 Å². The Balaban J connectivity index is 4.13. The van der Waals surface area contributed by atoms with Gasteiger partial charge in [-0.2, -0.15) is 0 Å². The minimum atomic E-state index is -3.24. The SMILES string of the molecule is CCCC(COC)NS(=O)(=O)CCCl. The van der Waals surface area contributed by atoms with Gasteiger partial charge in [0.2, 0.25) is 10.0 Å². The summed E-state index contributed by atoms with van der Waals surface area (Å²) < 4.78 is 30.2. The fourth-order valence-corrected chi connectivity index (χ4v) is 2.76. The van der Waals surface area contributed by atoms with E-state index >= 15 is 0 Å². The van der Waals surface area contributed by atoms with Gasteiger partial charge < -0.3 is 4.74 Å². The zero-order valence-corrected chi connectivity index (χ0v) is 10.2. The molecule has 0 spiro atoms. The predicted octanol–water partition coefficient (Wildman–Crippen LogP) is 0.960. The summed E-state index contributed by atoms with van der Waals surface area (Å²) in [6.07, 6.45) is 1.69. The first-order valence-corrected chi connectivity index (χ1v) is 6.79. The Morgan fingerprint density at radius 2 is 2.14 bits per heavy atom. The van der Waals surface area contributed by atoms with Crippen molar-refractivity contribution in [2.24, 2.45) is 0 Å². The van der Waals surface area contributed by atoms with Crippen LogP contribution < -0.4 is 4.72 Å². The number of halogens is 1. The van der Waals surface area contributed by atoms with Crippen molar-refractivity contribution in [1.82, 2.24) is 4.72 Å². The molecule has 0 saturated carbocycles. The largest absolute Gasteiger partial charge is 0.383 e. The molecular formula is C8H18ClNO3S. The third-order valence-corrected chi connectivity index (χ3v) is 3.54. The van der Waals surface area contributed by atoms with E-state index < -0.39 is 10.0 Å². The van der Waals surface area contributed by atoms with Crippen LogP contribution in [0.1, 0.15) is 19.8 Å². The number of methoxy groups -OCH3 is 1. The van der Waals surface area contributed by atoms with Crippen LogP contribution in [-0.4, -0.2) is 39.8 Å². The van der Waals surface area contributed by atoms with Crippen molar-refractivity contribution in [3.05, 3.63) is 0 Å². The maximum absolute atomic E-state index is 11.3. The number of sulfonamides is 1. The van der Waals surface area contributed by atoms with Gasteiger partial charge in [-0.15, -0.1) is 11.6 Å². The summed E-state index contributed by atoms with van der Waals surface area (Å²) in [6.45, 7) is 2.40. The van der Waals surface area contributed by atoms with E-state index in [4.69, 9.17) is 16.3 Å². The Kier molecular flexibility index (Phi) is 7.54. The molecule has 0 heterocycles. The van der Waals surface area contributed by atoms with Crippen molar-refractivity contribution in [3.8, 4) is 0 Å². The highest BCUT2D eigenvalue weighted by Crippen LogP contribution is 2.00. The summed E-state index contributed by atoms with van der Waals surface area (Å²) in [5.41, 5.74) is 0. The molecule has 0 aliphatic heterocycles. The Labute approximate surface area is 91.0 Å². The van der Waals surface area contributed by atoms with Crippen molar-refractivity contribution < 1.29 is 13.2 Å². The molecule has 0 amide bonds. The Morgan fingerprint density at radius 3 is 2.57 bits per heavy atom. The number of alkyl halides is 1. The lowest BCUT2D eigenvalue weighted by molar-refractivity contribution is 0.171. The third kappa shape index (κ3) is 6.59. The second-order valence-electron chi connectivity index (χ2n) is 3.07. The van der Waals surface area contributed by atoms with E-state index in [0.29, 0.717) is 6.61 Å². The van der Waals surface area contributed by atoms with Gasteiger partial charge in [-0.3, -0.25) is 0 Å². The van der Waals surface area contributed by atoms with E-state index in [1.807, 2.05) is 6.92 Å². The van der Waals surface area contributed by atoms with Crippen LogP contribution >= 0.6 is 11.6 Å². The van der Waals surface area contributed by atoms with Crippen LogP contribution in [0, 0.1) is 0 Å². The lowest BCUT2D eigenvalue weighted by Gasteiger charge is -2.16. The molecule has 0 aromatic carbocycles. The molecule has 0 aromatic heterocycles. The zero-order chi connectivity index (χ0) is 11.0. The van der Waals surface area contributed by atoms with Gasteiger partial charge in [0.15, 0.2) is 0 Å². The highest BCUT2D eigenvalue weighted by molar-refractivity contribution is 7.89. The van der Waals surface area contributed by atoms with Crippen LogP contribution in [0.4, 0.5) is 0 Å². The maximum atomic E-state index is 11.3. The number of hydrogen-bond acceptors (Lipinski definition) is 3. The molecule has 86 valence electrons. The molecular weight excluding hydrogens is 226 g/mol. The predicted molar refractivity (Wildman–Crippen MR) is 58.2 cm³/mol. The molecule has 14 heavy (non-hydrogen) atoms. The summed E-state index contributed by atoms with van der Waals surface area (Å²) in [6, 6.07) is -0.141. The average molecular weight is 244 g/mol. The Bertz CT molecular complexity index is 225. The normalized spacial score (nSPS) is 14.2. The van der Waals surface area contributed by atoms with E-state index in [1.54, 1.807) is 7.11 Å². The first kappa shape index (κ1) is 14.2. The lowest BCUT2D eigenvalue weighted by Crippen LogP contribution is -2.39. The van der Waals surface area contributed by atoms with Crippen LogP contribution in [0.3, 0.4) is 0 Å². The van der Waals surface area contributed by atoms with Crippen LogP contribution in [0.25, 0.3) is 0 Å². The molecule has 0 saturated heterocycles. The van der Waals surface area contributed by atoms with E-state index in [1.165, 1.54) is 0 Å². The third-order valence-electron chi connectivity index (χ3n) is 1.70. The first-order valence-electron chi connectivity index (χ1n) is 4.60. The molecule has 0 aliphatic carbocycles. The molecule has 0 bridgehead atoms. The smallest absolute Gasteiger partial charge is 0.213 e. The molecule has 0 fully saturated rings. The molecule has 4 nitrogen and oxygen atoms in total. The summed E-state index contributed by atoms with van der Waals surface area (Å²) in [5, 5.41) is 0. The summed E-state index contributed by atoms with van der Waals surface area (Å²) in [4.78, 5) is 0. The van der Waals surface area contributed by atoms with Gasteiger partial charge in [0, 0.05) is 19.0 Å². The molecule has 0 aliphatic rings. The second kappa shape index (κ2) is 7.45. The lowest BCUT2D eigenvalue weighted by atomic mass is 10.2. The van der Waals surface area contributed by atoms with Gasteiger partial charge in [0.1, 0.15) is 0 Å². The van der Waals surface area contributed by atoms with E-state index in [2.05, 4.69) is 4.72 Å². The number of ether oxygens (including phenoxy) is 1. The topological polar surface area (TPSA) is 55.4 Å².